The van der Waals surface area contributed by atoms with Crippen LogP contribution in [0.3, 0.4) is 0 Å². The van der Waals surface area contributed by atoms with Gasteiger partial charge in [-0.15, -0.1) is 0 Å². The molecule has 13 heavy (non-hydrogen) atoms. The van der Waals surface area contributed by atoms with Gasteiger partial charge in [0.25, 0.3) is 0 Å². The lowest BCUT2D eigenvalue weighted by molar-refractivity contribution is 0.548. The average Bonchev–Trinajstić information content (AvgIpc) is 2.19. The van der Waals surface area contributed by atoms with Crippen LogP contribution in [0.2, 0.25) is 0 Å². The molecule has 0 spiro atoms. The molecule has 0 unspecified atom stereocenters. The lowest BCUT2D eigenvalue weighted by Crippen LogP contribution is -2.00. The Balaban J connectivity index is 2.64. The summed E-state index contributed by atoms with van der Waals surface area (Å²) < 4.78 is 0. The van der Waals surface area contributed by atoms with E-state index in [0.29, 0.717) is 5.92 Å². The van der Waals surface area contributed by atoms with Crippen molar-refractivity contribution in [2.24, 2.45) is 0 Å². The molecule has 1 rings (SSSR count). The molecule has 0 fully saturated rings. The first-order valence-corrected chi connectivity index (χ1v) is 5.29. The summed E-state index contributed by atoms with van der Waals surface area (Å²) in [6.45, 7) is 4.48. The fourth-order valence-corrected chi connectivity index (χ4v) is 1.75. The lowest BCUT2D eigenvalue weighted by atomic mass is 9.94. The topological polar surface area (TPSA) is 12.9 Å². The Morgan fingerprint density at radius 2 is 1.85 bits per heavy atom. The minimum Gasteiger partial charge on any atom is -0.261 e. The number of aromatic nitrogens is 1. The van der Waals surface area contributed by atoms with Gasteiger partial charge in [0.15, 0.2) is 0 Å². The second kappa shape index (κ2) is 5.74. The van der Waals surface area contributed by atoms with Crippen molar-refractivity contribution < 1.29 is 0 Å². The first-order valence-electron chi connectivity index (χ1n) is 5.29. The average molecular weight is 177 g/mol. The van der Waals surface area contributed by atoms with Crippen LogP contribution in [0.1, 0.15) is 51.1 Å². The monoisotopic (exact) mass is 177 g/mol. The van der Waals surface area contributed by atoms with Gasteiger partial charge in [-0.25, -0.2) is 0 Å². The Labute approximate surface area is 81.2 Å². The lowest BCUT2D eigenvalue weighted by Gasteiger charge is -2.13. The third-order valence-corrected chi connectivity index (χ3v) is 2.38. The molecule has 0 N–H and O–H groups in total. The van der Waals surface area contributed by atoms with Gasteiger partial charge in [-0.2, -0.15) is 0 Å². The largest absolute Gasteiger partial charge is 0.261 e. The summed E-state index contributed by atoms with van der Waals surface area (Å²) in [5, 5.41) is 0. The van der Waals surface area contributed by atoms with Crippen molar-refractivity contribution in [3.8, 4) is 0 Å². The molecule has 0 atom stereocenters. The second-order valence-corrected chi connectivity index (χ2v) is 3.53. The third-order valence-electron chi connectivity index (χ3n) is 2.38. The highest BCUT2D eigenvalue weighted by Crippen LogP contribution is 2.23. The standard InChI is InChI=1S/C12H19N/c1-3-7-11(8-4-2)12-9-5-6-10-13-12/h5-6,9-11H,3-4,7-8H2,1-2H3. The van der Waals surface area contributed by atoms with Crippen LogP contribution >= 0.6 is 0 Å². The van der Waals surface area contributed by atoms with Crippen LogP contribution in [0.5, 0.6) is 0 Å². The van der Waals surface area contributed by atoms with Crippen LogP contribution in [0.4, 0.5) is 0 Å². The van der Waals surface area contributed by atoms with E-state index in [0.717, 1.165) is 0 Å². The van der Waals surface area contributed by atoms with Crippen molar-refractivity contribution in [2.45, 2.75) is 45.4 Å². The summed E-state index contributed by atoms with van der Waals surface area (Å²) in [7, 11) is 0. The molecular formula is C12H19N. The second-order valence-electron chi connectivity index (χ2n) is 3.53. The Hall–Kier alpha value is -0.850. The van der Waals surface area contributed by atoms with Crippen molar-refractivity contribution >= 4 is 0 Å². The predicted molar refractivity (Wildman–Crippen MR) is 56.8 cm³/mol. The van der Waals surface area contributed by atoms with Gasteiger partial charge in [0.05, 0.1) is 0 Å². The maximum atomic E-state index is 4.42. The van der Waals surface area contributed by atoms with Gasteiger partial charge in [-0.1, -0.05) is 32.8 Å². The summed E-state index contributed by atoms with van der Waals surface area (Å²) in [6, 6.07) is 6.22. The molecule has 0 bridgehead atoms. The smallest absolute Gasteiger partial charge is 0.0434 e. The van der Waals surface area contributed by atoms with Gasteiger partial charge in [0, 0.05) is 17.8 Å². The zero-order valence-electron chi connectivity index (χ0n) is 8.66. The van der Waals surface area contributed by atoms with E-state index in [1.54, 1.807) is 0 Å². The fourth-order valence-electron chi connectivity index (χ4n) is 1.75. The molecule has 0 saturated heterocycles. The Bertz CT molecular complexity index is 212. The summed E-state index contributed by atoms with van der Waals surface area (Å²) >= 11 is 0. The van der Waals surface area contributed by atoms with Crippen LogP contribution in [-0.4, -0.2) is 4.98 Å². The minimum absolute atomic E-state index is 0.677. The molecule has 1 heteroatoms. The predicted octanol–water partition coefficient (Wildman–Crippen LogP) is 3.77. The van der Waals surface area contributed by atoms with E-state index < -0.39 is 0 Å². The van der Waals surface area contributed by atoms with E-state index in [-0.39, 0.29) is 0 Å². The molecule has 0 aromatic carbocycles. The molecule has 0 aliphatic heterocycles. The molecule has 0 radical (unpaired) electrons. The maximum absolute atomic E-state index is 4.42. The van der Waals surface area contributed by atoms with Crippen LogP contribution in [-0.2, 0) is 0 Å². The highest BCUT2D eigenvalue weighted by atomic mass is 14.7. The molecule has 1 nitrogen and oxygen atoms in total. The quantitative estimate of drug-likeness (QED) is 0.667. The maximum Gasteiger partial charge on any atom is 0.0434 e. The first-order chi connectivity index (χ1) is 6.38. The molecule has 1 aromatic rings. The SMILES string of the molecule is CCCC(CCC)c1ccccn1. The molecule has 0 saturated carbocycles. The van der Waals surface area contributed by atoms with Gasteiger partial charge in [-0.05, 0) is 25.0 Å². The van der Waals surface area contributed by atoms with E-state index in [1.807, 2.05) is 12.3 Å². The molecule has 0 aliphatic carbocycles. The molecular weight excluding hydrogens is 158 g/mol. The fraction of sp³-hybridized carbons (Fsp3) is 0.583. The number of rotatable bonds is 5. The van der Waals surface area contributed by atoms with Gasteiger partial charge >= 0.3 is 0 Å². The Morgan fingerprint density at radius 3 is 2.31 bits per heavy atom. The van der Waals surface area contributed by atoms with Crippen molar-refractivity contribution in [3.63, 3.8) is 0 Å². The number of pyridine rings is 1. The van der Waals surface area contributed by atoms with E-state index in [9.17, 15) is 0 Å². The number of hydrogen-bond acceptors (Lipinski definition) is 1. The molecule has 0 aliphatic rings. The van der Waals surface area contributed by atoms with E-state index in [2.05, 4.69) is 31.0 Å². The Morgan fingerprint density at radius 1 is 1.15 bits per heavy atom. The summed E-state index contributed by atoms with van der Waals surface area (Å²) in [5.41, 5.74) is 1.27. The van der Waals surface area contributed by atoms with Crippen molar-refractivity contribution in [1.29, 1.82) is 0 Å². The van der Waals surface area contributed by atoms with Crippen LogP contribution < -0.4 is 0 Å². The Kier molecular flexibility index (Phi) is 4.52. The normalized spacial score (nSPS) is 10.7. The summed E-state index contributed by atoms with van der Waals surface area (Å²) in [5.74, 6) is 0.677. The zero-order valence-corrected chi connectivity index (χ0v) is 8.66. The van der Waals surface area contributed by atoms with Crippen molar-refractivity contribution in [3.05, 3.63) is 30.1 Å². The van der Waals surface area contributed by atoms with E-state index >= 15 is 0 Å². The highest BCUT2D eigenvalue weighted by Gasteiger charge is 2.09. The molecule has 1 aromatic heterocycles. The van der Waals surface area contributed by atoms with Crippen molar-refractivity contribution in [1.82, 2.24) is 4.98 Å². The zero-order chi connectivity index (χ0) is 9.52. The van der Waals surface area contributed by atoms with E-state index in [1.165, 1.54) is 31.4 Å². The van der Waals surface area contributed by atoms with Crippen LogP contribution in [0.25, 0.3) is 0 Å². The number of nitrogens with zero attached hydrogens (tertiary/aromatic N) is 1. The van der Waals surface area contributed by atoms with Crippen LogP contribution in [0, 0.1) is 0 Å². The summed E-state index contributed by atoms with van der Waals surface area (Å²) in [4.78, 5) is 4.42. The molecule has 1 heterocycles. The minimum atomic E-state index is 0.677. The highest BCUT2D eigenvalue weighted by molar-refractivity contribution is 5.09. The van der Waals surface area contributed by atoms with Gasteiger partial charge in [0.2, 0.25) is 0 Å². The van der Waals surface area contributed by atoms with Crippen molar-refractivity contribution in [2.75, 3.05) is 0 Å². The van der Waals surface area contributed by atoms with Gasteiger partial charge in [0.1, 0.15) is 0 Å². The first kappa shape index (κ1) is 10.2. The van der Waals surface area contributed by atoms with Crippen LogP contribution in [0.15, 0.2) is 24.4 Å². The third kappa shape index (κ3) is 3.17. The van der Waals surface area contributed by atoms with E-state index in [4.69, 9.17) is 0 Å². The van der Waals surface area contributed by atoms with Gasteiger partial charge in [-0.3, -0.25) is 4.98 Å². The summed E-state index contributed by atoms with van der Waals surface area (Å²) in [6.07, 6.45) is 6.94. The van der Waals surface area contributed by atoms with Gasteiger partial charge < -0.3 is 0 Å². The number of hydrogen-bond donors (Lipinski definition) is 0. The molecule has 0 amide bonds. The molecule has 72 valence electrons.